The Kier molecular flexibility index (Phi) is 2.25. The third-order valence-electron chi connectivity index (χ3n) is 2.65. The van der Waals surface area contributed by atoms with Gasteiger partial charge in [0.15, 0.2) is 0 Å². The van der Waals surface area contributed by atoms with E-state index in [0.29, 0.717) is 5.92 Å². The van der Waals surface area contributed by atoms with Gasteiger partial charge >= 0.3 is 0 Å². The van der Waals surface area contributed by atoms with Crippen molar-refractivity contribution in [1.29, 1.82) is 0 Å². The average molecular weight is 197 g/mol. The van der Waals surface area contributed by atoms with Crippen molar-refractivity contribution in [3.8, 4) is 0 Å². The zero-order valence-electron chi connectivity index (χ0n) is 8.13. The molecule has 0 spiro atoms. The molecule has 0 unspecified atom stereocenters. The van der Waals surface area contributed by atoms with E-state index in [1.807, 2.05) is 0 Å². The van der Waals surface area contributed by atoms with Crippen molar-refractivity contribution in [2.45, 2.75) is 38.0 Å². The smallest absolute Gasteiger partial charge is 0.255 e. The molecule has 1 saturated carbocycles. The highest BCUT2D eigenvalue weighted by Gasteiger charge is 2.31. The van der Waals surface area contributed by atoms with Crippen LogP contribution in [0.2, 0.25) is 0 Å². The van der Waals surface area contributed by atoms with Gasteiger partial charge in [-0.2, -0.15) is 8.78 Å². The first-order valence-electron chi connectivity index (χ1n) is 4.97. The number of halogens is 2. The second-order valence-electron chi connectivity index (χ2n) is 3.81. The van der Waals surface area contributed by atoms with Gasteiger partial charge in [-0.1, -0.05) is 13.0 Å². The van der Waals surface area contributed by atoms with Crippen LogP contribution < -0.4 is 0 Å². The fourth-order valence-corrected chi connectivity index (χ4v) is 1.46. The minimum atomic E-state index is -2.78. The summed E-state index contributed by atoms with van der Waals surface area (Å²) in [5.41, 5.74) is 0.991. The first kappa shape index (κ1) is 9.56. The molecule has 1 aromatic rings. The molecule has 1 nitrogen and oxygen atoms in total. The Morgan fingerprint density at radius 2 is 2.14 bits per heavy atom. The van der Waals surface area contributed by atoms with Crippen LogP contribution in [0.15, 0.2) is 18.3 Å². The molecule has 14 heavy (non-hydrogen) atoms. The lowest BCUT2D eigenvalue weighted by atomic mass is 10.1. The average Bonchev–Trinajstić information content (AvgIpc) is 3.01. The van der Waals surface area contributed by atoms with Crippen LogP contribution in [0.3, 0.4) is 0 Å². The summed E-state index contributed by atoms with van der Waals surface area (Å²) in [4.78, 5) is 3.83. The van der Waals surface area contributed by atoms with Crippen molar-refractivity contribution in [1.82, 2.24) is 4.98 Å². The molecule has 1 aromatic heterocycles. The molecule has 0 aromatic carbocycles. The quantitative estimate of drug-likeness (QED) is 0.723. The number of rotatable bonds is 3. The van der Waals surface area contributed by atoms with Crippen molar-refractivity contribution < 1.29 is 8.78 Å². The maximum absolute atomic E-state index is 13.2. The molecule has 0 saturated heterocycles. The zero-order chi connectivity index (χ0) is 10.2. The molecule has 3 heteroatoms. The van der Waals surface area contributed by atoms with Crippen LogP contribution in [0.5, 0.6) is 0 Å². The minimum Gasteiger partial charge on any atom is -0.255 e. The Labute approximate surface area is 82.2 Å². The number of hydrogen-bond donors (Lipinski definition) is 0. The predicted molar refractivity (Wildman–Crippen MR) is 50.4 cm³/mol. The fourth-order valence-electron chi connectivity index (χ4n) is 1.46. The maximum atomic E-state index is 13.2. The Balaban J connectivity index is 2.20. The second kappa shape index (κ2) is 3.30. The molecular weight excluding hydrogens is 184 g/mol. The Morgan fingerprint density at radius 1 is 1.43 bits per heavy atom. The molecule has 0 amide bonds. The molecule has 2 rings (SSSR count). The number of alkyl halides is 2. The summed E-state index contributed by atoms with van der Waals surface area (Å²) < 4.78 is 26.3. The van der Waals surface area contributed by atoms with E-state index in [2.05, 4.69) is 4.98 Å². The third kappa shape index (κ3) is 1.76. The summed E-state index contributed by atoms with van der Waals surface area (Å²) >= 11 is 0. The van der Waals surface area contributed by atoms with Gasteiger partial charge in [-0.15, -0.1) is 0 Å². The molecule has 1 aliphatic rings. The van der Waals surface area contributed by atoms with Crippen LogP contribution in [0.1, 0.15) is 43.4 Å². The lowest BCUT2D eigenvalue weighted by Gasteiger charge is -2.13. The van der Waals surface area contributed by atoms with Gasteiger partial charge in [0.2, 0.25) is 0 Å². The Bertz CT molecular complexity index is 315. The molecular formula is C11H13F2N. The van der Waals surface area contributed by atoms with Crippen molar-refractivity contribution >= 4 is 0 Å². The van der Waals surface area contributed by atoms with Crippen LogP contribution in [0.4, 0.5) is 8.78 Å². The largest absolute Gasteiger partial charge is 0.289 e. The van der Waals surface area contributed by atoms with Crippen molar-refractivity contribution in [2.75, 3.05) is 0 Å². The molecule has 0 N–H and O–H groups in total. The van der Waals surface area contributed by atoms with Crippen LogP contribution >= 0.6 is 0 Å². The van der Waals surface area contributed by atoms with E-state index in [1.165, 1.54) is 25.8 Å². The van der Waals surface area contributed by atoms with Gasteiger partial charge in [0.05, 0.1) is 0 Å². The molecule has 0 aliphatic heterocycles. The lowest BCUT2D eigenvalue weighted by molar-refractivity contribution is -0.0128. The topological polar surface area (TPSA) is 12.9 Å². The van der Waals surface area contributed by atoms with E-state index in [9.17, 15) is 8.78 Å². The van der Waals surface area contributed by atoms with E-state index in [1.54, 1.807) is 12.3 Å². The van der Waals surface area contributed by atoms with E-state index < -0.39 is 5.92 Å². The summed E-state index contributed by atoms with van der Waals surface area (Å²) in [6.07, 6.45) is 3.75. The highest BCUT2D eigenvalue weighted by Crippen LogP contribution is 2.40. The minimum absolute atomic E-state index is 0.107. The van der Waals surface area contributed by atoms with Gasteiger partial charge in [-0.25, -0.2) is 0 Å². The second-order valence-corrected chi connectivity index (χ2v) is 3.81. The predicted octanol–water partition coefficient (Wildman–Crippen LogP) is 3.46. The summed E-state index contributed by atoms with van der Waals surface area (Å²) in [5.74, 6) is -2.20. The number of pyridine rings is 1. The standard InChI is InChI=1S/C11H13F2N/c1-2-11(12,13)10-6-5-9(7-14-10)8-3-4-8/h5-8H,2-4H2,1H3. The van der Waals surface area contributed by atoms with Crippen molar-refractivity contribution in [3.63, 3.8) is 0 Å². The van der Waals surface area contributed by atoms with E-state index >= 15 is 0 Å². The monoisotopic (exact) mass is 197 g/mol. The van der Waals surface area contributed by atoms with E-state index in [0.717, 1.165) is 5.56 Å². The molecule has 1 aliphatic carbocycles. The summed E-state index contributed by atoms with van der Waals surface area (Å²) in [6, 6.07) is 3.24. The number of nitrogens with zero attached hydrogens (tertiary/aromatic N) is 1. The van der Waals surface area contributed by atoms with Crippen molar-refractivity contribution in [2.24, 2.45) is 0 Å². The van der Waals surface area contributed by atoms with E-state index in [-0.39, 0.29) is 12.1 Å². The number of aromatic nitrogens is 1. The summed E-state index contributed by atoms with van der Waals surface area (Å²) in [7, 11) is 0. The summed E-state index contributed by atoms with van der Waals surface area (Å²) in [5, 5.41) is 0. The zero-order valence-corrected chi connectivity index (χ0v) is 8.13. The third-order valence-corrected chi connectivity index (χ3v) is 2.65. The Morgan fingerprint density at radius 3 is 2.57 bits per heavy atom. The van der Waals surface area contributed by atoms with Crippen LogP contribution in [0, 0.1) is 0 Å². The van der Waals surface area contributed by atoms with Crippen LogP contribution in [-0.4, -0.2) is 4.98 Å². The molecule has 0 radical (unpaired) electrons. The van der Waals surface area contributed by atoms with Gasteiger partial charge in [0.1, 0.15) is 5.69 Å². The maximum Gasteiger partial charge on any atom is 0.289 e. The Hall–Kier alpha value is -0.990. The van der Waals surface area contributed by atoms with Crippen LogP contribution in [-0.2, 0) is 5.92 Å². The molecule has 0 atom stereocenters. The van der Waals surface area contributed by atoms with Gasteiger partial charge in [0, 0.05) is 12.6 Å². The van der Waals surface area contributed by atoms with Crippen LogP contribution in [0.25, 0.3) is 0 Å². The molecule has 1 heterocycles. The highest BCUT2D eigenvalue weighted by atomic mass is 19.3. The van der Waals surface area contributed by atoms with Crippen molar-refractivity contribution in [3.05, 3.63) is 29.6 Å². The first-order valence-corrected chi connectivity index (χ1v) is 4.97. The number of hydrogen-bond acceptors (Lipinski definition) is 1. The normalized spacial score (nSPS) is 17.1. The highest BCUT2D eigenvalue weighted by molar-refractivity contribution is 5.23. The van der Waals surface area contributed by atoms with Gasteiger partial charge in [-0.3, -0.25) is 4.98 Å². The van der Waals surface area contributed by atoms with Gasteiger partial charge in [0.25, 0.3) is 5.92 Å². The molecule has 0 bridgehead atoms. The van der Waals surface area contributed by atoms with Gasteiger partial charge < -0.3 is 0 Å². The summed E-state index contributed by atoms with van der Waals surface area (Å²) in [6.45, 7) is 1.47. The molecule has 1 fully saturated rings. The van der Waals surface area contributed by atoms with Gasteiger partial charge in [-0.05, 0) is 30.4 Å². The SMILES string of the molecule is CCC(F)(F)c1ccc(C2CC2)cn1. The fraction of sp³-hybridized carbons (Fsp3) is 0.545. The first-order chi connectivity index (χ1) is 6.63. The lowest BCUT2D eigenvalue weighted by Crippen LogP contribution is -2.13. The van der Waals surface area contributed by atoms with E-state index in [4.69, 9.17) is 0 Å². The molecule has 76 valence electrons.